The number of hydrogen-bond donors (Lipinski definition) is 2. The minimum Gasteiger partial charge on any atom is -0.348 e. The first-order chi connectivity index (χ1) is 14.1. The van der Waals surface area contributed by atoms with Crippen LogP contribution in [0.1, 0.15) is 36.0 Å². The lowest BCUT2D eigenvalue weighted by Crippen LogP contribution is -2.49. The molecule has 0 saturated heterocycles. The summed E-state index contributed by atoms with van der Waals surface area (Å²) in [7, 11) is 0. The Morgan fingerprint density at radius 1 is 0.935 bits per heavy atom. The largest absolute Gasteiger partial charge is 0.348 e. The van der Waals surface area contributed by atoms with E-state index in [1.165, 1.54) is 6.07 Å². The topological polar surface area (TPSA) is 93.8 Å². The molecule has 2 heterocycles. The number of nitrogens with two attached hydrogens (primary N) is 1. The Kier molecular flexibility index (Phi) is 8.86. The van der Waals surface area contributed by atoms with Crippen molar-refractivity contribution in [3.05, 3.63) is 66.5 Å². The normalized spacial score (nSPS) is 17.7. The number of pyridine rings is 1. The zero-order chi connectivity index (χ0) is 20.2. The number of hydrogen-bond acceptors (Lipinski definition) is 5. The van der Waals surface area contributed by atoms with Crippen LogP contribution in [0.15, 0.2) is 55.1 Å². The molecule has 4 rings (SSSR count). The third-order valence-electron chi connectivity index (χ3n) is 5.21. The second-order valence-electron chi connectivity index (χ2n) is 7.29. The van der Waals surface area contributed by atoms with Crippen molar-refractivity contribution in [2.75, 3.05) is 0 Å². The molecule has 1 aliphatic carbocycles. The second-order valence-corrected chi connectivity index (χ2v) is 7.29. The number of rotatable bonds is 4. The van der Waals surface area contributed by atoms with E-state index in [2.05, 4.69) is 20.3 Å². The Hall–Kier alpha value is -2.61. The lowest BCUT2D eigenvalue weighted by Gasteiger charge is -2.29. The molecule has 3 aromatic rings. The number of amides is 1. The maximum atomic E-state index is 13.4. The summed E-state index contributed by atoms with van der Waals surface area (Å²) in [5.41, 5.74) is 9.22. The van der Waals surface area contributed by atoms with Gasteiger partial charge in [-0.15, -0.1) is 24.8 Å². The highest BCUT2D eigenvalue weighted by Gasteiger charge is 2.23. The molecule has 1 saturated carbocycles. The van der Waals surface area contributed by atoms with E-state index in [1.807, 2.05) is 12.1 Å². The standard InChI is InChI=1S/C22H22FN5O.2ClH/c23-17-9-16(10-25-11-17)21-13-26-12-20(27-21)14-5-7-15(8-6-14)22(29)28-19-4-2-1-3-18(19)24;;/h5-13,18-19H,1-4,24H2,(H,28,29);2*1H/t18-,19+;;/m1../s1. The Labute approximate surface area is 192 Å². The van der Waals surface area contributed by atoms with E-state index in [0.717, 1.165) is 37.4 Å². The fourth-order valence-electron chi connectivity index (χ4n) is 3.58. The molecule has 1 fully saturated rings. The van der Waals surface area contributed by atoms with Gasteiger partial charge >= 0.3 is 0 Å². The predicted molar refractivity (Wildman–Crippen MR) is 123 cm³/mol. The van der Waals surface area contributed by atoms with Gasteiger partial charge in [0.25, 0.3) is 5.91 Å². The second kappa shape index (κ2) is 11.1. The van der Waals surface area contributed by atoms with Crippen molar-refractivity contribution in [2.24, 2.45) is 5.73 Å². The van der Waals surface area contributed by atoms with Gasteiger partial charge in [-0.05, 0) is 31.0 Å². The van der Waals surface area contributed by atoms with Crippen molar-refractivity contribution in [3.63, 3.8) is 0 Å². The minimum atomic E-state index is -0.428. The van der Waals surface area contributed by atoms with Gasteiger partial charge in [-0.1, -0.05) is 25.0 Å². The summed E-state index contributed by atoms with van der Waals surface area (Å²) in [5.74, 6) is -0.549. The molecular weight excluding hydrogens is 440 g/mol. The summed E-state index contributed by atoms with van der Waals surface area (Å²) >= 11 is 0. The molecule has 0 aliphatic heterocycles. The Balaban J connectivity index is 0.00000171. The Morgan fingerprint density at radius 2 is 1.58 bits per heavy atom. The quantitative estimate of drug-likeness (QED) is 0.604. The van der Waals surface area contributed by atoms with E-state index in [9.17, 15) is 9.18 Å². The van der Waals surface area contributed by atoms with Gasteiger partial charge in [0.1, 0.15) is 5.82 Å². The monoisotopic (exact) mass is 463 g/mol. The summed E-state index contributed by atoms with van der Waals surface area (Å²) in [6.07, 6.45) is 9.95. The lowest BCUT2D eigenvalue weighted by atomic mass is 9.91. The van der Waals surface area contributed by atoms with E-state index in [-0.39, 0.29) is 42.8 Å². The van der Waals surface area contributed by atoms with Crippen molar-refractivity contribution in [3.8, 4) is 22.5 Å². The summed E-state index contributed by atoms with van der Waals surface area (Å²) in [6, 6.07) is 8.58. The molecule has 0 radical (unpaired) electrons. The highest BCUT2D eigenvalue weighted by atomic mass is 35.5. The fourth-order valence-corrected chi connectivity index (χ4v) is 3.58. The van der Waals surface area contributed by atoms with Crippen LogP contribution in [0.2, 0.25) is 0 Å². The average Bonchev–Trinajstić information content (AvgIpc) is 2.75. The Bertz CT molecular complexity index is 1020. The molecule has 2 aromatic heterocycles. The molecular formula is C22H24Cl2FN5O. The number of nitrogens with zero attached hydrogens (tertiary/aromatic N) is 3. The first-order valence-corrected chi connectivity index (χ1v) is 9.70. The smallest absolute Gasteiger partial charge is 0.251 e. The van der Waals surface area contributed by atoms with Gasteiger partial charge in [0, 0.05) is 35.0 Å². The van der Waals surface area contributed by atoms with Gasteiger partial charge in [0.15, 0.2) is 0 Å². The number of halogens is 3. The molecule has 1 aromatic carbocycles. The molecule has 1 aliphatic rings. The van der Waals surface area contributed by atoms with E-state index >= 15 is 0 Å². The van der Waals surface area contributed by atoms with Crippen molar-refractivity contribution in [1.82, 2.24) is 20.3 Å². The molecule has 3 N–H and O–H groups in total. The van der Waals surface area contributed by atoms with Crippen molar-refractivity contribution in [2.45, 2.75) is 37.8 Å². The zero-order valence-electron chi connectivity index (χ0n) is 16.7. The van der Waals surface area contributed by atoms with Crippen LogP contribution in [0.25, 0.3) is 22.5 Å². The number of aromatic nitrogens is 3. The molecule has 0 unspecified atom stereocenters. The van der Waals surface area contributed by atoms with Crippen LogP contribution in [0, 0.1) is 5.82 Å². The van der Waals surface area contributed by atoms with Crippen LogP contribution in [0.5, 0.6) is 0 Å². The fraction of sp³-hybridized carbons (Fsp3) is 0.273. The van der Waals surface area contributed by atoms with E-state index in [0.29, 0.717) is 22.5 Å². The van der Waals surface area contributed by atoms with Gasteiger partial charge in [0.05, 0.1) is 30.0 Å². The van der Waals surface area contributed by atoms with Crippen molar-refractivity contribution in [1.29, 1.82) is 0 Å². The van der Waals surface area contributed by atoms with Crippen molar-refractivity contribution < 1.29 is 9.18 Å². The van der Waals surface area contributed by atoms with Gasteiger partial charge in [-0.25, -0.2) is 9.37 Å². The highest BCUT2D eigenvalue weighted by molar-refractivity contribution is 5.94. The van der Waals surface area contributed by atoms with E-state index < -0.39 is 5.82 Å². The average molecular weight is 464 g/mol. The van der Waals surface area contributed by atoms with E-state index in [4.69, 9.17) is 5.73 Å². The summed E-state index contributed by atoms with van der Waals surface area (Å²) in [4.78, 5) is 25.1. The van der Waals surface area contributed by atoms with Crippen LogP contribution in [-0.2, 0) is 0 Å². The number of carbonyl (C=O) groups excluding carboxylic acids is 1. The summed E-state index contributed by atoms with van der Waals surface area (Å²) in [5, 5.41) is 3.05. The minimum absolute atomic E-state index is 0. The lowest BCUT2D eigenvalue weighted by molar-refractivity contribution is 0.0921. The number of nitrogens with one attached hydrogen (secondary N) is 1. The predicted octanol–water partition coefficient (Wildman–Crippen LogP) is 4.19. The zero-order valence-corrected chi connectivity index (χ0v) is 18.3. The van der Waals surface area contributed by atoms with Gasteiger partial charge in [-0.2, -0.15) is 0 Å². The molecule has 2 atom stereocenters. The van der Waals surface area contributed by atoms with Crippen LogP contribution < -0.4 is 11.1 Å². The summed E-state index contributed by atoms with van der Waals surface area (Å²) in [6.45, 7) is 0. The van der Waals surface area contributed by atoms with Gasteiger partial charge in [-0.3, -0.25) is 14.8 Å². The first kappa shape index (κ1) is 24.7. The summed E-state index contributed by atoms with van der Waals surface area (Å²) < 4.78 is 13.4. The number of carbonyl (C=O) groups is 1. The van der Waals surface area contributed by atoms with Crippen molar-refractivity contribution >= 4 is 30.7 Å². The maximum Gasteiger partial charge on any atom is 0.251 e. The third kappa shape index (κ3) is 5.97. The van der Waals surface area contributed by atoms with Gasteiger partial charge in [0.2, 0.25) is 0 Å². The third-order valence-corrected chi connectivity index (χ3v) is 5.21. The molecule has 164 valence electrons. The van der Waals surface area contributed by atoms with E-state index in [1.54, 1.807) is 30.7 Å². The molecule has 6 nitrogen and oxygen atoms in total. The SMILES string of the molecule is Cl.Cl.N[C@@H]1CCCC[C@@H]1NC(=O)c1ccc(-c2cncc(-c3cncc(F)c3)n2)cc1. The van der Waals surface area contributed by atoms with Crippen LogP contribution >= 0.6 is 24.8 Å². The highest BCUT2D eigenvalue weighted by Crippen LogP contribution is 2.22. The molecule has 31 heavy (non-hydrogen) atoms. The van der Waals surface area contributed by atoms with Crippen LogP contribution in [0.3, 0.4) is 0 Å². The Morgan fingerprint density at radius 3 is 2.26 bits per heavy atom. The van der Waals surface area contributed by atoms with Crippen LogP contribution in [0.4, 0.5) is 4.39 Å². The molecule has 0 spiro atoms. The molecule has 9 heteroatoms. The molecule has 1 amide bonds. The number of benzene rings is 1. The molecule has 0 bridgehead atoms. The first-order valence-electron chi connectivity index (χ1n) is 9.70. The maximum absolute atomic E-state index is 13.4. The van der Waals surface area contributed by atoms with Gasteiger partial charge < -0.3 is 11.1 Å². The van der Waals surface area contributed by atoms with Crippen LogP contribution in [-0.4, -0.2) is 32.9 Å².